The first kappa shape index (κ1) is 19.9. The molecule has 2 aromatic rings. The zero-order chi connectivity index (χ0) is 16.2. The predicted molar refractivity (Wildman–Crippen MR) is 93.4 cm³/mol. The molecule has 0 amide bonds. The molecular weight excluding hydrogens is 359 g/mol. The fourth-order valence-electron chi connectivity index (χ4n) is 2.21. The maximum atomic E-state index is 12.8. The molecule has 0 saturated carbocycles. The van der Waals surface area contributed by atoms with Gasteiger partial charge in [0.1, 0.15) is 0 Å². The van der Waals surface area contributed by atoms with Crippen LogP contribution in [0.25, 0.3) is 0 Å². The Balaban J connectivity index is 0.00000264. The highest BCUT2D eigenvalue weighted by atomic mass is 35.5. The molecule has 1 aromatic heterocycles. The van der Waals surface area contributed by atoms with Gasteiger partial charge in [-0.1, -0.05) is 41.9 Å². The van der Waals surface area contributed by atoms with Crippen LogP contribution in [0.1, 0.15) is 5.56 Å². The SMILES string of the molecule is Cl.Cn1ncc(Cl)c1S(=O)(=O)N(CCN)CCc1ccccc1. The van der Waals surface area contributed by atoms with Crippen LogP contribution < -0.4 is 5.73 Å². The van der Waals surface area contributed by atoms with Gasteiger partial charge in [-0.05, 0) is 12.0 Å². The molecule has 1 aromatic carbocycles. The first-order chi connectivity index (χ1) is 10.5. The first-order valence-electron chi connectivity index (χ1n) is 6.88. The summed E-state index contributed by atoms with van der Waals surface area (Å²) in [5.41, 5.74) is 6.63. The molecule has 128 valence electrons. The monoisotopic (exact) mass is 378 g/mol. The van der Waals surface area contributed by atoms with Crippen molar-refractivity contribution >= 4 is 34.0 Å². The number of halogens is 2. The highest BCUT2D eigenvalue weighted by Gasteiger charge is 2.29. The summed E-state index contributed by atoms with van der Waals surface area (Å²) >= 11 is 5.97. The topological polar surface area (TPSA) is 81.2 Å². The molecule has 1 heterocycles. The summed E-state index contributed by atoms with van der Waals surface area (Å²) in [6, 6.07) is 9.70. The van der Waals surface area contributed by atoms with Crippen molar-refractivity contribution in [1.29, 1.82) is 0 Å². The predicted octanol–water partition coefficient (Wildman–Crippen LogP) is 1.69. The molecule has 2 rings (SSSR count). The molecule has 0 saturated heterocycles. The van der Waals surface area contributed by atoms with Crippen LogP contribution in [0.5, 0.6) is 0 Å². The average molecular weight is 379 g/mol. The van der Waals surface area contributed by atoms with Crippen molar-refractivity contribution in [2.24, 2.45) is 12.8 Å². The van der Waals surface area contributed by atoms with Crippen LogP contribution in [0.4, 0.5) is 0 Å². The van der Waals surface area contributed by atoms with E-state index in [9.17, 15) is 8.42 Å². The molecule has 9 heteroatoms. The number of benzene rings is 1. The molecule has 0 spiro atoms. The maximum absolute atomic E-state index is 12.8. The van der Waals surface area contributed by atoms with Crippen molar-refractivity contribution in [3.63, 3.8) is 0 Å². The van der Waals surface area contributed by atoms with E-state index in [0.29, 0.717) is 13.0 Å². The normalized spacial score (nSPS) is 11.5. The van der Waals surface area contributed by atoms with E-state index < -0.39 is 10.0 Å². The Morgan fingerprint density at radius 2 is 1.91 bits per heavy atom. The second-order valence-electron chi connectivity index (χ2n) is 4.85. The van der Waals surface area contributed by atoms with Gasteiger partial charge in [0.2, 0.25) is 0 Å². The Kier molecular flexibility index (Phi) is 7.50. The van der Waals surface area contributed by atoms with Crippen molar-refractivity contribution < 1.29 is 8.42 Å². The molecule has 23 heavy (non-hydrogen) atoms. The quantitative estimate of drug-likeness (QED) is 0.794. The molecule has 0 aliphatic rings. The third kappa shape index (κ3) is 4.68. The molecule has 6 nitrogen and oxygen atoms in total. The summed E-state index contributed by atoms with van der Waals surface area (Å²) in [5.74, 6) is 0. The smallest absolute Gasteiger partial charge is 0.261 e. The molecule has 0 bridgehead atoms. The summed E-state index contributed by atoms with van der Waals surface area (Å²) in [4.78, 5) is 0. The van der Waals surface area contributed by atoms with Gasteiger partial charge in [0, 0.05) is 26.7 Å². The fraction of sp³-hybridized carbons (Fsp3) is 0.357. The summed E-state index contributed by atoms with van der Waals surface area (Å²) in [6.45, 7) is 0.811. The second kappa shape index (κ2) is 8.65. The van der Waals surface area contributed by atoms with Gasteiger partial charge in [-0.25, -0.2) is 8.42 Å². The summed E-state index contributed by atoms with van der Waals surface area (Å²) in [6.07, 6.45) is 1.93. The Labute approximate surface area is 147 Å². The van der Waals surface area contributed by atoms with Crippen LogP contribution >= 0.6 is 24.0 Å². The molecule has 2 N–H and O–H groups in total. The van der Waals surface area contributed by atoms with Crippen LogP contribution in [0.15, 0.2) is 41.6 Å². The van der Waals surface area contributed by atoms with E-state index in [2.05, 4.69) is 5.10 Å². The Morgan fingerprint density at radius 1 is 1.26 bits per heavy atom. The van der Waals surface area contributed by atoms with Crippen molar-refractivity contribution in [1.82, 2.24) is 14.1 Å². The van der Waals surface area contributed by atoms with Crippen LogP contribution in [-0.4, -0.2) is 42.1 Å². The van der Waals surface area contributed by atoms with Crippen molar-refractivity contribution in [2.45, 2.75) is 11.4 Å². The van der Waals surface area contributed by atoms with Gasteiger partial charge in [0.25, 0.3) is 10.0 Å². The zero-order valence-electron chi connectivity index (χ0n) is 12.7. The minimum atomic E-state index is -3.73. The molecule has 0 fully saturated rings. The van der Waals surface area contributed by atoms with Crippen LogP contribution in [0.3, 0.4) is 0 Å². The third-order valence-electron chi connectivity index (χ3n) is 3.30. The third-order valence-corrected chi connectivity index (χ3v) is 5.70. The largest absolute Gasteiger partial charge is 0.329 e. The molecule has 0 unspecified atom stereocenters. The van der Waals surface area contributed by atoms with Crippen molar-refractivity contribution in [3.05, 3.63) is 47.1 Å². The number of aryl methyl sites for hydroxylation is 1. The van der Waals surface area contributed by atoms with Crippen molar-refractivity contribution in [2.75, 3.05) is 19.6 Å². The van der Waals surface area contributed by atoms with Crippen LogP contribution in [-0.2, 0) is 23.5 Å². The van der Waals surface area contributed by atoms with E-state index >= 15 is 0 Å². The average Bonchev–Trinajstić information content (AvgIpc) is 2.84. The molecule has 0 aliphatic heterocycles. The van der Waals surface area contributed by atoms with Gasteiger partial charge < -0.3 is 5.73 Å². The zero-order valence-corrected chi connectivity index (χ0v) is 15.1. The summed E-state index contributed by atoms with van der Waals surface area (Å²) in [5, 5.41) is 4.00. The van der Waals surface area contributed by atoms with Gasteiger partial charge in [0.15, 0.2) is 5.03 Å². The van der Waals surface area contributed by atoms with Gasteiger partial charge in [0.05, 0.1) is 11.2 Å². The number of sulfonamides is 1. The Morgan fingerprint density at radius 3 is 2.43 bits per heavy atom. The number of rotatable bonds is 7. The number of nitrogens with zero attached hydrogens (tertiary/aromatic N) is 3. The number of hydrogen-bond acceptors (Lipinski definition) is 4. The highest BCUT2D eigenvalue weighted by Crippen LogP contribution is 2.23. The van der Waals surface area contributed by atoms with Gasteiger partial charge in [-0.3, -0.25) is 4.68 Å². The lowest BCUT2D eigenvalue weighted by Crippen LogP contribution is -2.37. The molecule has 0 aliphatic carbocycles. The molecule has 0 radical (unpaired) electrons. The van der Waals surface area contributed by atoms with E-state index in [-0.39, 0.29) is 35.5 Å². The van der Waals surface area contributed by atoms with Gasteiger partial charge in [-0.2, -0.15) is 9.40 Å². The Hall–Kier alpha value is -1.12. The van der Waals surface area contributed by atoms with Gasteiger partial charge >= 0.3 is 0 Å². The van der Waals surface area contributed by atoms with E-state index in [0.717, 1.165) is 5.56 Å². The van der Waals surface area contributed by atoms with E-state index in [1.165, 1.54) is 15.2 Å². The number of aromatic nitrogens is 2. The highest BCUT2D eigenvalue weighted by molar-refractivity contribution is 7.89. The van der Waals surface area contributed by atoms with Gasteiger partial charge in [-0.15, -0.1) is 12.4 Å². The summed E-state index contributed by atoms with van der Waals surface area (Å²) < 4.78 is 28.2. The van der Waals surface area contributed by atoms with E-state index in [1.54, 1.807) is 7.05 Å². The van der Waals surface area contributed by atoms with E-state index in [4.69, 9.17) is 17.3 Å². The number of nitrogens with two attached hydrogens (primary N) is 1. The van der Waals surface area contributed by atoms with Crippen LogP contribution in [0.2, 0.25) is 5.02 Å². The van der Waals surface area contributed by atoms with E-state index in [1.807, 2.05) is 30.3 Å². The molecular formula is C14H20Cl2N4O2S. The maximum Gasteiger partial charge on any atom is 0.261 e. The minimum absolute atomic E-state index is 0. The fourth-order valence-corrected chi connectivity index (χ4v) is 4.27. The minimum Gasteiger partial charge on any atom is -0.329 e. The lowest BCUT2D eigenvalue weighted by atomic mass is 10.1. The summed E-state index contributed by atoms with van der Waals surface area (Å²) in [7, 11) is -2.18. The van der Waals surface area contributed by atoms with Crippen molar-refractivity contribution in [3.8, 4) is 0 Å². The standard InChI is InChI=1S/C14H19ClN4O2S.ClH/c1-18-14(13(15)11-17-18)22(20,21)19(10-8-16)9-7-12-5-3-2-4-6-12;/h2-6,11H,7-10,16H2,1H3;1H. The molecule has 0 atom stereocenters. The lowest BCUT2D eigenvalue weighted by Gasteiger charge is -2.21. The number of hydrogen-bond donors (Lipinski definition) is 1. The van der Waals surface area contributed by atoms with Crippen LogP contribution in [0, 0.1) is 0 Å². The second-order valence-corrected chi connectivity index (χ2v) is 7.11. The first-order valence-corrected chi connectivity index (χ1v) is 8.70. The lowest BCUT2D eigenvalue weighted by molar-refractivity contribution is 0.415. The Bertz CT molecular complexity index is 700.